The van der Waals surface area contributed by atoms with Crippen molar-refractivity contribution >= 4 is 5.91 Å². The summed E-state index contributed by atoms with van der Waals surface area (Å²) in [6, 6.07) is 4.60. The van der Waals surface area contributed by atoms with Gasteiger partial charge in [-0.25, -0.2) is 0 Å². The van der Waals surface area contributed by atoms with Crippen LogP contribution < -0.4 is 11.3 Å². The molecule has 1 aliphatic heterocycles. The van der Waals surface area contributed by atoms with E-state index in [1.807, 2.05) is 0 Å². The first-order valence-corrected chi connectivity index (χ1v) is 5.39. The van der Waals surface area contributed by atoms with Crippen molar-refractivity contribution in [2.45, 2.75) is 6.42 Å². The molecule has 0 radical (unpaired) electrons. The minimum atomic E-state index is -0.250. The molecule has 16 heavy (non-hydrogen) atoms. The molecule has 1 atom stereocenters. The Balaban J connectivity index is 2.11. The molecule has 0 saturated carbocycles. The highest BCUT2D eigenvalue weighted by molar-refractivity contribution is 5.92. The number of H-pyrrole nitrogens is 1. The van der Waals surface area contributed by atoms with Gasteiger partial charge in [0.1, 0.15) is 5.69 Å². The summed E-state index contributed by atoms with van der Waals surface area (Å²) in [7, 11) is 0. The first kappa shape index (κ1) is 10.9. The van der Waals surface area contributed by atoms with Crippen molar-refractivity contribution in [2.24, 2.45) is 11.7 Å². The standard InChI is InChI=1S/C11H15N3O2/c12-6-8-4-5-14(7-8)11(16)9-2-1-3-10(15)13-9/h1-3,8H,4-7,12H2,(H,13,15). The molecule has 86 valence electrons. The van der Waals surface area contributed by atoms with Crippen LogP contribution in [0.1, 0.15) is 16.9 Å². The number of carbonyl (C=O) groups is 1. The summed E-state index contributed by atoms with van der Waals surface area (Å²) in [5, 5.41) is 0. The SMILES string of the molecule is NCC1CCN(C(=O)c2cccc(=O)[nH]2)C1. The molecule has 2 rings (SSSR count). The number of hydrogen-bond acceptors (Lipinski definition) is 3. The van der Waals surface area contributed by atoms with Crippen LogP contribution in [0, 0.1) is 5.92 Å². The van der Waals surface area contributed by atoms with Crippen LogP contribution in [0.4, 0.5) is 0 Å². The van der Waals surface area contributed by atoms with E-state index in [9.17, 15) is 9.59 Å². The van der Waals surface area contributed by atoms with Gasteiger partial charge >= 0.3 is 0 Å². The largest absolute Gasteiger partial charge is 0.337 e. The number of nitrogens with two attached hydrogens (primary N) is 1. The van der Waals surface area contributed by atoms with E-state index in [4.69, 9.17) is 5.73 Å². The predicted molar refractivity (Wildman–Crippen MR) is 60.1 cm³/mol. The fraction of sp³-hybridized carbons (Fsp3) is 0.455. The third-order valence-corrected chi connectivity index (χ3v) is 2.91. The van der Waals surface area contributed by atoms with Crippen molar-refractivity contribution in [1.82, 2.24) is 9.88 Å². The number of amides is 1. The van der Waals surface area contributed by atoms with Crippen LogP contribution >= 0.6 is 0 Å². The van der Waals surface area contributed by atoms with E-state index in [2.05, 4.69) is 4.98 Å². The highest BCUT2D eigenvalue weighted by Crippen LogP contribution is 2.16. The van der Waals surface area contributed by atoms with Gasteiger partial charge < -0.3 is 15.6 Å². The topological polar surface area (TPSA) is 79.2 Å². The van der Waals surface area contributed by atoms with Gasteiger partial charge in [0.2, 0.25) is 5.56 Å². The molecule has 0 aromatic carbocycles. The molecule has 1 saturated heterocycles. The Morgan fingerprint density at radius 2 is 2.38 bits per heavy atom. The molecule has 1 aliphatic rings. The van der Waals surface area contributed by atoms with Gasteiger partial charge in [0.05, 0.1) is 0 Å². The van der Waals surface area contributed by atoms with Crippen LogP contribution in [0.2, 0.25) is 0 Å². The summed E-state index contributed by atoms with van der Waals surface area (Å²) in [6.45, 7) is 2.01. The Morgan fingerprint density at radius 3 is 3.00 bits per heavy atom. The Morgan fingerprint density at radius 1 is 1.56 bits per heavy atom. The van der Waals surface area contributed by atoms with E-state index in [1.165, 1.54) is 6.07 Å². The third-order valence-electron chi connectivity index (χ3n) is 2.91. The van der Waals surface area contributed by atoms with Crippen LogP contribution in [0.25, 0.3) is 0 Å². The van der Waals surface area contributed by atoms with Crippen molar-refractivity contribution in [2.75, 3.05) is 19.6 Å². The van der Waals surface area contributed by atoms with Gasteiger partial charge in [0.15, 0.2) is 0 Å². The van der Waals surface area contributed by atoms with E-state index >= 15 is 0 Å². The van der Waals surface area contributed by atoms with Gasteiger partial charge in [-0.3, -0.25) is 9.59 Å². The lowest BCUT2D eigenvalue weighted by molar-refractivity contribution is 0.0781. The average molecular weight is 221 g/mol. The van der Waals surface area contributed by atoms with Crippen molar-refractivity contribution in [3.05, 3.63) is 34.2 Å². The molecular formula is C11H15N3O2. The lowest BCUT2D eigenvalue weighted by Gasteiger charge is -2.15. The van der Waals surface area contributed by atoms with Crippen LogP contribution in [-0.2, 0) is 0 Å². The van der Waals surface area contributed by atoms with Crippen molar-refractivity contribution < 1.29 is 4.79 Å². The number of hydrogen-bond donors (Lipinski definition) is 2. The molecule has 1 unspecified atom stereocenters. The summed E-state index contributed by atoms with van der Waals surface area (Å²) < 4.78 is 0. The fourth-order valence-electron chi connectivity index (χ4n) is 1.95. The molecule has 5 nitrogen and oxygen atoms in total. The number of likely N-dealkylation sites (tertiary alicyclic amines) is 1. The van der Waals surface area contributed by atoms with Crippen molar-refractivity contribution in [3.63, 3.8) is 0 Å². The van der Waals surface area contributed by atoms with Gasteiger partial charge in [-0.2, -0.15) is 0 Å². The molecular weight excluding hydrogens is 206 g/mol. The number of rotatable bonds is 2. The van der Waals surface area contributed by atoms with Gasteiger partial charge in [-0.05, 0) is 24.9 Å². The molecule has 5 heteroatoms. The summed E-state index contributed by atoms with van der Waals surface area (Å²) in [6.07, 6.45) is 0.944. The second kappa shape index (κ2) is 4.49. The van der Waals surface area contributed by atoms with Gasteiger partial charge in [-0.1, -0.05) is 6.07 Å². The summed E-state index contributed by atoms with van der Waals surface area (Å²) in [5.41, 5.74) is 5.67. The molecule has 1 amide bonds. The normalized spacial score (nSPS) is 20.1. The molecule has 2 heterocycles. The predicted octanol–water partition coefficient (Wildman–Crippen LogP) is -0.204. The molecule has 1 aromatic rings. The van der Waals surface area contributed by atoms with Crippen molar-refractivity contribution in [1.29, 1.82) is 0 Å². The van der Waals surface area contributed by atoms with Crippen LogP contribution in [0.3, 0.4) is 0 Å². The van der Waals surface area contributed by atoms with E-state index in [-0.39, 0.29) is 11.5 Å². The molecule has 0 bridgehead atoms. The number of nitrogens with one attached hydrogen (secondary N) is 1. The van der Waals surface area contributed by atoms with Crippen LogP contribution in [0.5, 0.6) is 0 Å². The summed E-state index contributed by atoms with van der Waals surface area (Å²) in [5.74, 6) is 0.271. The highest BCUT2D eigenvalue weighted by Gasteiger charge is 2.26. The Kier molecular flexibility index (Phi) is 3.05. The monoisotopic (exact) mass is 221 g/mol. The molecule has 1 aromatic heterocycles. The summed E-state index contributed by atoms with van der Waals surface area (Å²) >= 11 is 0. The number of nitrogens with zero attached hydrogens (tertiary/aromatic N) is 1. The third kappa shape index (κ3) is 2.14. The Labute approximate surface area is 93.3 Å². The Bertz CT molecular complexity index is 441. The van der Waals surface area contributed by atoms with E-state index in [0.29, 0.717) is 24.7 Å². The Hall–Kier alpha value is -1.62. The number of aromatic nitrogens is 1. The van der Waals surface area contributed by atoms with E-state index in [0.717, 1.165) is 13.0 Å². The first-order valence-electron chi connectivity index (χ1n) is 5.39. The number of aromatic amines is 1. The second-order valence-electron chi connectivity index (χ2n) is 4.07. The van der Waals surface area contributed by atoms with Gasteiger partial charge in [0.25, 0.3) is 5.91 Å². The number of pyridine rings is 1. The maximum absolute atomic E-state index is 12.0. The maximum Gasteiger partial charge on any atom is 0.270 e. The lowest BCUT2D eigenvalue weighted by Crippen LogP contribution is -2.31. The zero-order chi connectivity index (χ0) is 11.5. The number of carbonyl (C=O) groups excluding carboxylic acids is 1. The molecule has 1 fully saturated rings. The quantitative estimate of drug-likeness (QED) is 0.725. The van der Waals surface area contributed by atoms with Gasteiger partial charge in [0, 0.05) is 19.2 Å². The van der Waals surface area contributed by atoms with Gasteiger partial charge in [-0.15, -0.1) is 0 Å². The minimum absolute atomic E-state index is 0.117. The van der Waals surface area contributed by atoms with E-state index < -0.39 is 0 Å². The van der Waals surface area contributed by atoms with Crippen LogP contribution in [0.15, 0.2) is 23.0 Å². The van der Waals surface area contributed by atoms with Crippen LogP contribution in [-0.4, -0.2) is 35.4 Å². The maximum atomic E-state index is 12.0. The minimum Gasteiger partial charge on any atom is -0.337 e. The molecule has 0 spiro atoms. The average Bonchev–Trinajstić information content (AvgIpc) is 2.76. The molecule has 0 aliphatic carbocycles. The summed E-state index contributed by atoms with van der Waals surface area (Å²) in [4.78, 5) is 27.3. The zero-order valence-corrected chi connectivity index (χ0v) is 8.98. The zero-order valence-electron chi connectivity index (χ0n) is 8.98. The van der Waals surface area contributed by atoms with Crippen molar-refractivity contribution in [3.8, 4) is 0 Å². The fourth-order valence-corrected chi connectivity index (χ4v) is 1.95. The smallest absolute Gasteiger partial charge is 0.270 e. The first-order chi connectivity index (χ1) is 7.70. The van der Waals surface area contributed by atoms with E-state index in [1.54, 1.807) is 17.0 Å². The second-order valence-corrected chi connectivity index (χ2v) is 4.07. The molecule has 3 N–H and O–H groups in total. The lowest BCUT2D eigenvalue weighted by atomic mass is 10.1. The highest BCUT2D eigenvalue weighted by atomic mass is 16.2.